The fourth-order valence-corrected chi connectivity index (χ4v) is 2.28. The first-order chi connectivity index (χ1) is 9.93. The summed E-state index contributed by atoms with van der Waals surface area (Å²) in [7, 11) is 1.54. The molecule has 2 N–H and O–H groups in total. The van der Waals surface area contributed by atoms with Gasteiger partial charge in [-0.3, -0.25) is 4.79 Å². The Labute approximate surface area is 129 Å². The van der Waals surface area contributed by atoms with Crippen LogP contribution in [0.25, 0.3) is 0 Å². The smallest absolute Gasteiger partial charge is 0.257 e. The summed E-state index contributed by atoms with van der Waals surface area (Å²) in [6, 6.07) is 7.02. The molecule has 0 aliphatic rings. The maximum atomic E-state index is 13.6. The highest BCUT2D eigenvalue weighted by atomic mass is 79.9. The van der Waals surface area contributed by atoms with Crippen molar-refractivity contribution in [2.24, 2.45) is 0 Å². The first-order valence-electron chi connectivity index (χ1n) is 6.17. The number of carbonyl (C=O) groups is 1. The van der Waals surface area contributed by atoms with E-state index >= 15 is 0 Å². The number of hydrogen-bond acceptors (Lipinski definition) is 2. The molecule has 0 saturated heterocycles. The predicted molar refractivity (Wildman–Crippen MR) is 82.7 cm³/mol. The second kappa shape index (κ2) is 6.22. The molecule has 0 heterocycles. The maximum absolute atomic E-state index is 13.6. The average molecular weight is 355 g/mol. The minimum Gasteiger partial charge on any atom is -0.385 e. The molecule has 1 amide bonds. The Morgan fingerprint density at radius 3 is 2.57 bits per heavy atom. The molecule has 0 spiro atoms. The standard InChI is InChI=1S/C15H13BrF2N2O/c1-8-6-12(18)10(16)7-13(8)20-15(21)9-4-3-5-11(17)14(9)19-2/h3-7,19H,1-2H3,(H,20,21). The van der Waals surface area contributed by atoms with E-state index in [-0.39, 0.29) is 15.7 Å². The van der Waals surface area contributed by atoms with Crippen LogP contribution in [0.2, 0.25) is 0 Å². The molecule has 0 saturated carbocycles. The van der Waals surface area contributed by atoms with E-state index < -0.39 is 17.5 Å². The number of nitrogens with one attached hydrogen (secondary N) is 2. The number of halogens is 3. The summed E-state index contributed by atoms with van der Waals surface area (Å²) in [5.41, 5.74) is 1.33. The Morgan fingerprint density at radius 2 is 1.90 bits per heavy atom. The van der Waals surface area contributed by atoms with E-state index in [9.17, 15) is 13.6 Å². The molecular formula is C15H13BrF2N2O. The molecule has 3 nitrogen and oxygen atoms in total. The summed E-state index contributed by atoms with van der Waals surface area (Å²) < 4.78 is 27.3. The Bertz CT molecular complexity index is 704. The van der Waals surface area contributed by atoms with Crippen molar-refractivity contribution < 1.29 is 13.6 Å². The van der Waals surface area contributed by atoms with Crippen molar-refractivity contribution in [2.45, 2.75) is 6.92 Å². The zero-order chi connectivity index (χ0) is 15.6. The highest BCUT2D eigenvalue weighted by Crippen LogP contribution is 2.26. The molecule has 0 fully saturated rings. The fourth-order valence-electron chi connectivity index (χ4n) is 1.94. The van der Waals surface area contributed by atoms with Gasteiger partial charge in [0.2, 0.25) is 0 Å². The molecule has 21 heavy (non-hydrogen) atoms. The SMILES string of the molecule is CNc1c(F)cccc1C(=O)Nc1cc(Br)c(F)cc1C. The number of carbonyl (C=O) groups excluding carboxylic acids is 1. The Balaban J connectivity index is 2.35. The van der Waals surface area contributed by atoms with Crippen LogP contribution in [0.4, 0.5) is 20.2 Å². The van der Waals surface area contributed by atoms with Gasteiger partial charge in [0.15, 0.2) is 0 Å². The lowest BCUT2D eigenvalue weighted by Crippen LogP contribution is -2.15. The van der Waals surface area contributed by atoms with Gasteiger partial charge in [0.05, 0.1) is 15.7 Å². The number of hydrogen-bond donors (Lipinski definition) is 2. The molecule has 0 unspecified atom stereocenters. The quantitative estimate of drug-likeness (QED) is 0.861. The van der Waals surface area contributed by atoms with Crippen LogP contribution < -0.4 is 10.6 Å². The van der Waals surface area contributed by atoms with E-state index in [1.165, 1.54) is 37.4 Å². The van der Waals surface area contributed by atoms with Crippen LogP contribution in [0.3, 0.4) is 0 Å². The predicted octanol–water partition coefficient (Wildman–Crippen LogP) is 4.33. The van der Waals surface area contributed by atoms with Crippen molar-refractivity contribution >= 4 is 33.2 Å². The Kier molecular flexibility index (Phi) is 4.57. The third kappa shape index (κ3) is 3.21. The first kappa shape index (κ1) is 15.4. The van der Waals surface area contributed by atoms with Crippen LogP contribution in [-0.2, 0) is 0 Å². The van der Waals surface area contributed by atoms with Gasteiger partial charge >= 0.3 is 0 Å². The van der Waals surface area contributed by atoms with Crippen molar-refractivity contribution in [2.75, 3.05) is 17.7 Å². The van der Waals surface area contributed by atoms with Crippen LogP contribution >= 0.6 is 15.9 Å². The summed E-state index contributed by atoms with van der Waals surface area (Å²) in [5.74, 6) is -1.39. The third-order valence-electron chi connectivity index (χ3n) is 3.02. The summed E-state index contributed by atoms with van der Waals surface area (Å²) in [4.78, 5) is 12.3. The summed E-state index contributed by atoms with van der Waals surface area (Å²) in [6.07, 6.45) is 0. The first-order valence-corrected chi connectivity index (χ1v) is 6.96. The molecule has 0 atom stereocenters. The molecule has 0 aromatic heterocycles. The van der Waals surface area contributed by atoms with Crippen molar-refractivity contribution in [3.8, 4) is 0 Å². The third-order valence-corrected chi connectivity index (χ3v) is 3.63. The molecule has 2 rings (SSSR count). The lowest BCUT2D eigenvalue weighted by atomic mass is 10.1. The van der Waals surface area contributed by atoms with E-state index in [1.807, 2.05) is 0 Å². The minimum absolute atomic E-state index is 0.119. The van der Waals surface area contributed by atoms with E-state index in [0.29, 0.717) is 11.3 Å². The zero-order valence-corrected chi connectivity index (χ0v) is 13.0. The second-order valence-corrected chi connectivity index (χ2v) is 5.30. The van der Waals surface area contributed by atoms with E-state index in [1.54, 1.807) is 6.92 Å². The topological polar surface area (TPSA) is 41.1 Å². The molecular weight excluding hydrogens is 342 g/mol. The largest absolute Gasteiger partial charge is 0.385 e. The Morgan fingerprint density at radius 1 is 1.19 bits per heavy atom. The van der Waals surface area contributed by atoms with Crippen molar-refractivity contribution in [1.29, 1.82) is 0 Å². The molecule has 0 aliphatic carbocycles. The van der Waals surface area contributed by atoms with E-state index in [0.717, 1.165) is 0 Å². The maximum Gasteiger partial charge on any atom is 0.257 e. The number of amides is 1. The number of benzene rings is 2. The highest BCUT2D eigenvalue weighted by Gasteiger charge is 2.15. The summed E-state index contributed by atoms with van der Waals surface area (Å²) in [6.45, 7) is 1.68. The monoisotopic (exact) mass is 354 g/mol. The van der Waals surface area contributed by atoms with Gasteiger partial charge in [-0.05, 0) is 52.7 Å². The van der Waals surface area contributed by atoms with Gasteiger partial charge < -0.3 is 10.6 Å². The van der Waals surface area contributed by atoms with Crippen molar-refractivity contribution in [3.05, 3.63) is 57.6 Å². The zero-order valence-electron chi connectivity index (χ0n) is 11.4. The van der Waals surface area contributed by atoms with Crippen LogP contribution in [0.15, 0.2) is 34.8 Å². The van der Waals surface area contributed by atoms with Crippen LogP contribution in [0.5, 0.6) is 0 Å². The second-order valence-electron chi connectivity index (χ2n) is 4.45. The van der Waals surface area contributed by atoms with Gasteiger partial charge in [-0.2, -0.15) is 0 Å². The molecule has 0 radical (unpaired) electrons. The molecule has 0 aliphatic heterocycles. The molecule has 2 aromatic carbocycles. The molecule has 0 bridgehead atoms. The highest BCUT2D eigenvalue weighted by molar-refractivity contribution is 9.10. The summed E-state index contributed by atoms with van der Waals surface area (Å²) in [5, 5.41) is 5.31. The van der Waals surface area contributed by atoms with Crippen LogP contribution in [0, 0.1) is 18.6 Å². The number of para-hydroxylation sites is 1. The molecule has 6 heteroatoms. The minimum atomic E-state index is -0.512. The van der Waals surface area contributed by atoms with Gasteiger partial charge in [0.25, 0.3) is 5.91 Å². The van der Waals surface area contributed by atoms with Gasteiger partial charge in [-0.25, -0.2) is 8.78 Å². The van der Waals surface area contributed by atoms with Crippen molar-refractivity contribution in [1.82, 2.24) is 0 Å². The average Bonchev–Trinajstić information content (AvgIpc) is 2.44. The fraction of sp³-hybridized carbons (Fsp3) is 0.133. The Hall–Kier alpha value is -1.95. The molecule has 110 valence electrons. The van der Waals surface area contributed by atoms with E-state index in [4.69, 9.17) is 0 Å². The number of aryl methyl sites for hydroxylation is 1. The van der Waals surface area contributed by atoms with Gasteiger partial charge in [0, 0.05) is 12.7 Å². The van der Waals surface area contributed by atoms with Crippen LogP contribution in [-0.4, -0.2) is 13.0 Å². The number of rotatable bonds is 3. The van der Waals surface area contributed by atoms with Crippen molar-refractivity contribution in [3.63, 3.8) is 0 Å². The summed E-state index contributed by atoms with van der Waals surface area (Å²) >= 11 is 3.07. The van der Waals surface area contributed by atoms with Crippen LogP contribution in [0.1, 0.15) is 15.9 Å². The lowest BCUT2D eigenvalue weighted by molar-refractivity contribution is 0.102. The normalized spacial score (nSPS) is 10.3. The van der Waals surface area contributed by atoms with Gasteiger partial charge in [-0.1, -0.05) is 6.07 Å². The molecule has 2 aromatic rings. The van der Waals surface area contributed by atoms with Gasteiger partial charge in [-0.15, -0.1) is 0 Å². The number of anilines is 2. The van der Waals surface area contributed by atoms with E-state index in [2.05, 4.69) is 26.6 Å². The van der Waals surface area contributed by atoms with Gasteiger partial charge in [0.1, 0.15) is 11.6 Å². The lowest BCUT2D eigenvalue weighted by Gasteiger charge is -2.12.